The third-order valence-electron chi connectivity index (χ3n) is 2.91. The fourth-order valence-corrected chi connectivity index (χ4v) is 2.06. The smallest absolute Gasteiger partial charge is 0.169 e. The van der Waals surface area contributed by atoms with Gasteiger partial charge in [-0.1, -0.05) is 26.0 Å². The lowest BCUT2D eigenvalue weighted by molar-refractivity contribution is 0.259. The van der Waals surface area contributed by atoms with Gasteiger partial charge >= 0.3 is 0 Å². The van der Waals surface area contributed by atoms with Crippen molar-refractivity contribution in [3.05, 3.63) is 24.3 Å². The van der Waals surface area contributed by atoms with Crippen molar-refractivity contribution in [1.82, 2.24) is 9.97 Å². The van der Waals surface area contributed by atoms with Crippen LogP contribution < -0.4 is 11.1 Å². The maximum atomic E-state index is 9.39. The molecule has 0 saturated heterocycles. The average Bonchev–Trinajstić information content (AvgIpc) is 2.38. The van der Waals surface area contributed by atoms with Gasteiger partial charge in [-0.15, -0.1) is 0 Å². The monoisotopic (exact) mass is 260 g/mol. The van der Waals surface area contributed by atoms with E-state index in [9.17, 15) is 5.11 Å². The molecule has 1 heterocycles. The Hall–Kier alpha value is -1.88. The number of para-hydroxylation sites is 2. The summed E-state index contributed by atoms with van der Waals surface area (Å²) < 4.78 is 0. The minimum absolute atomic E-state index is 0.0477. The summed E-state index contributed by atoms with van der Waals surface area (Å²) in [6, 6.07) is 7.52. The highest BCUT2D eigenvalue weighted by Crippen LogP contribution is 2.20. The van der Waals surface area contributed by atoms with E-state index in [2.05, 4.69) is 29.1 Å². The van der Waals surface area contributed by atoms with Crippen LogP contribution in [0.1, 0.15) is 20.3 Å². The van der Waals surface area contributed by atoms with Crippen LogP contribution in [0.4, 0.5) is 11.6 Å². The standard InChI is InChI=1S/C14H20N4O/c1-9(2)7-10(8-19)16-14-13(15)17-11-5-3-4-6-12(11)18-14/h3-6,9-10,19H,7-8H2,1-2H3,(H2,15,17)(H,16,18). The molecule has 0 aliphatic rings. The van der Waals surface area contributed by atoms with E-state index in [1.54, 1.807) is 0 Å². The van der Waals surface area contributed by atoms with Crippen molar-refractivity contribution >= 4 is 22.7 Å². The minimum atomic E-state index is -0.0576. The number of anilines is 2. The molecule has 5 nitrogen and oxygen atoms in total. The Kier molecular flexibility index (Phi) is 4.16. The second kappa shape index (κ2) is 5.84. The van der Waals surface area contributed by atoms with Crippen LogP contribution in [0.5, 0.6) is 0 Å². The summed E-state index contributed by atoms with van der Waals surface area (Å²) in [5.41, 5.74) is 7.47. The van der Waals surface area contributed by atoms with Gasteiger partial charge in [-0.25, -0.2) is 9.97 Å². The molecule has 1 unspecified atom stereocenters. The van der Waals surface area contributed by atoms with Crippen LogP contribution in [0.3, 0.4) is 0 Å². The van der Waals surface area contributed by atoms with Gasteiger partial charge in [-0.05, 0) is 24.5 Å². The molecule has 1 aromatic carbocycles. The summed E-state index contributed by atoms with van der Waals surface area (Å²) in [6.07, 6.45) is 0.852. The predicted octanol–water partition coefficient (Wildman–Crippen LogP) is 2.03. The van der Waals surface area contributed by atoms with Gasteiger partial charge in [0.15, 0.2) is 11.6 Å². The molecule has 0 bridgehead atoms. The quantitative estimate of drug-likeness (QED) is 0.766. The number of benzene rings is 1. The van der Waals surface area contributed by atoms with Gasteiger partial charge in [0.2, 0.25) is 0 Å². The number of nitrogens with two attached hydrogens (primary N) is 1. The molecule has 0 spiro atoms. The van der Waals surface area contributed by atoms with Crippen molar-refractivity contribution in [1.29, 1.82) is 0 Å². The predicted molar refractivity (Wildman–Crippen MR) is 77.9 cm³/mol. The minimum Gasteiger partial charge on any atom is -0.394 e. The first kappa shape index (κ1) is 13.5. The Morgan fingerprint density at radius 3 is 2.42 bits per heavy atom. The number of fused-ring (bicyclic) bond motifs is 1. The zero-order valence-electron chi connectivity index (χ0n) is 11.3. The normalized spacial score (nSPS) is 12.8. The summed E-state index contributed by atoms with van der Waals surface area (Å²) in [4.78, 5) is 8.77. The molecule has 4 N–H and O–H groups in total. The Morgan fingerprint density at radius 1 is 1.21 bits per heavy atom. The maximum absolute atomic E-state index is 9.39. The molecule has 2 rings (SSSR count). The van der Waals surface area contributed by atoms with Crippen LogP contribution in [0.25, 0.3) is 11.0 Å². The lowest BCUT2D eigenvalue weighted by Crippen LogP contribution is -2.26. The number of nitrogen functional groups attached to an aromatic ring is 1. The van der Waals surface area contributed by atoms with Crippen molar-refractivity contribution in [2.45, 2.75) is 26.3 Å². The number of aromatic nitrogens is 2. The molecule has 0 aliphatic carbocycles. The first-order valence-electron chi connectivity index (χ1n) is 6.49. The number of aliphatic hydroxyl groups excluding tert-OH is 1. The third-order valence-corrected chi connectivity index (χ3v) is 2.91. The molecule has 102 valence electrons. The number of nitrogens with one attached hydrogen (secondary N) is 1. The largest absolute Gasteiger partial charge is 0.394 e. The molecule has 0 aliphatic heterocycles. The molecular weight excluding hydrogens is 240 g/mol. The second-order valence-electron chi connectivity index (χ2n) is 5.10. The molecule has 2 aromatic rings. The number of rotatable bonds is 5. The summed E-state index contributed by atoms with van der Waals surface area (Å²) in [5.74, 6) is 1.39. The molecule has 0 fully saturated rings. The van der Waals surface area contributed by atoms with Gasteiger partial charge in [0.25, 0.3) is 0 Å². The topological polar surface area (TPSA) is 84.1 Å². The Bertz CT molecular complexity index is 556. The molecule has 1 atom stereocenters. The summed E-state index contributed by atoms with van der Waals surface area (Å²) >= 11 is 0. The summed E-state index contributed by atoms with van der Waals surface area (Å²) in [7, 11) is 0. The first-order chi connectivity index (χ1) is 9.10. The molecule has 0 radical (unpaired) electrons. The Labute approximate surface area is 112 Å². The van der Waals surface area contributed by atoms with Crippen molar-refractivity contribution in [3.8, 4) is 0 Å². The van der Waals surface area contributed by atoms with Gasteiger partial charge in [0.05, 0.1) is 23.7 Å². The number of aliphatic hydroxyl groups is 1. The van der Waals surface area contributed by atoms with Gasteiger partial charge in [-0.3, -0.25) is 0 Å². The SMILES string of the molecule is CC(C)CC(CO)Nc1nc2ccccc2nc1N. The van der Waals surface area contributed by atoms with Crippen molar-refractivity contribution < 1.29 is 5.11 Å². The molecule has 0 saturated carbocycles. The third kappa shape index (κ3) is 3.32. The molecule has 19 heavy (non-hydrogen) atoms. The maximum Gasteiger partial charge on any atom is 0.169 e. The van der Waals surface area contributed by atoms with Crippen LogP contribution in [-0.2, 0) is 0 Å². The van der Waals surface area contributed by atoms with Gasteiger partial charge in [-0.2, -0.15) is 0 Å². The van der Waals surface area contributed by atoms with E-state index < -0.39 is 0 Å². The van der Waals surface area contributed by atoms with Crippen LogP contribution in [0.15, 0.2) is 24.3 Å². The van der Waals surface area contributed by atoms with Crippen LogP contribution in [0.2, 0.25) is 0 Å². The van der Waals surface area contributed by atoms with Gasteiger partial charge in [0.1, 0.15) is 0 Å². The van der Waals surface area contributed by atoms with Crippen molar-refractivity contribution in [3.63, 3.8) is 0 Å². The highest BCUT2D eigenvalue weighted by atomic mass is 16.3. The first-order valence-corrected chi connectivity index (χ1v) is 6.49. The second-order valence-corrected chi connectivity index (χ2v) is 5.10. The van der Waals surface area contributed by atoms with Gasteiger partial charge in [0, 0.05) is 0 Å². The van der Waals surface area contributed by atoms with Crippen LogP contribution >= 0.6 is 0 Å². The molecule has 5 heteroatoms. The van der Waals surface area contributed by atoms with E-state index in [4.69, 9.17) is 5.73 Å². The van der Waals surface area contributed by atoms with Crippen molar-refractivity contribution in [2.24, 2.45) is 5.92 Å². The van der Waals surface area contributed by atoms with E-state index in [-0.39, 0.29) is 12.6 Å². The lowest BCUT2D eigenvalue weighted by atomic mass is 10.0. The van der Waals surface area contributed by atoms with E-state index in [1.165, 1.54) is 0 Å². The van der Waals surface area contributed by atoms with E-state index in [0.29, 0.717) is 17.6 Å². The zero-order valence-corrected chi connectivity index (χ0v) is 11.3. The summed E-state index contributed by atoms with van der Waals surface area (Å²) in [6.45, 7) is 4.27. The fraction of sp³-hybridized carbons (Fsp3) is 0.429. The van der Waals surface area contributed by atoms with Crippen molar-refractivity contribution in [2.75, 3.05) is 17.7 Å². The van der Waals surface area contributed by atoms with E-state index >= 15 is 0 Å². The zero-order chi connectivity index (χ0) is 13.8. The van der Waals surface area contributed by atoms with Gasteiger partial charge < -0.3 is 16.2 Å². The lowest BCUT2D eigenvalue weighted by Gasteiger charge is -2.19. The average molecular weight is 260 g/mol. The fourth-order valence-electron chi connectivity index (χ4n) is 2.06. The molecular formula is C14H20N4O. The number of nitrogens with zero attached hydrogens (tertiary/aromatic N) is 2. The Morgan fingerprint density at radius 2 is 1.84 bits per heavy atom. The van der Waals surface area contributed by atoms with Crippen LogP contribution in [0, 0.1) is 5.92 Å². The summed E-state index contributed by atoms with van der Waals surface area (Å²) in [5, 5.41) is 12.6. The van der Waals surface area contributed by atoms with E-state index in [1.807, 2.05) is 24.3 Å². The molecule has 1 aromatic heterocycles. The highest BCUT2D eigenvalue weighted by molar-refractivity contribution is 5.79. The highest BCUT2D eigenvalue weighted by Gasteiger charge is 2.13. The number of hydrogen-bond acceptors (Lipinski definition) is 5. The van der Waals surface area contributed by atoms with E-state index in [0.717, 1.165) is 17.5 Å². The van der Waals surface area contributed by atoms with Crippen LogP contribution in [-0.4, -0.2) is 27.7 Å². The Balaban J connectivity index is 2.26. The molecule has 0 amide bonds. The number of hydrogen-bond donors (Lipinski definition) is 3.